The van der Waals surface area contributed by atoms with Crippen LogP contribution in [0.2, 0.25) is 0 Å². The van der Waals surface area contributed by atoms with Gasteiger partial charge in [0.15, 0.2) is 6.04 Å². The number of alkyl halides is 1. The topological polar surface area (TPSA) is 89.4 Å². The molecule has 0 saturated heterocycles. The molecule has 142 valence electrons. The number of halogens is 1. The predicted octanol–water partition coefficient (Wildman–Crippen LogP) is 3.68. The molecule has 0 aliphatic rings. The maximum atomic E-state index is 12.5. The number of nitrogens with one attached hydrogen (secondary N) is 1. The van der Waals surface area contributed by atoms with Crippen LogP contribution in [0.15, 0.2) is 41.8 Å². The Balaban J connectivity index is 1.66. The fourth-order valence-electron chi connectivity index (χ4n) is 2.14. The van der Waals surface area contributed by atoms with Gasteiger partial charge < -0.3 is 10.1 Å². The highest BCUT2D eigenvalue weighted by molar-refractivity contribution is 7.19. The predicted molar refractivity (Wildman–Crippen MR) is 108 cm³/mol. The molecule has 1 atom stereocenters. The van der Waals surface area contributed by atoms with Gasteiger partial charge >= 0.3 is 0 Å². The maximum Gasteiger partial charge on any atom is 0.222 e. The van der Waals surface area contributed by atoms with E-state index in [0.29, 0.717) is 17.3 Å². The molecule has 0 saturated carbocycles. The molecule has 1 N–H and O–H groups in total. The smallest absolute Gasteiger partial charge is 0.222 e. The Morgan fingerprint density at radius 1 is 1.39 bits per heavy atom. The number of aromatic nitrogens is 3. The number of fused-ring (bicyclic) bond motifs is 1. The highest BCUT2D eigenvalue weighted by Crippen LogP contribution is 2.27. The summed E-state index contributed by atoms with van der Waals surface area (Å²) in [7, 11) is 1.75. The Hall–Kier alpha value is -3.38. The molecule has 1 unspecified atom stereocenters. The fourth-order valence-corrected chi connectivity index (χ4v) is 3.04. The minimum atomic E-state index is -0.992. The number of ether oxygens (including phenoxy) is 1. The van der Waals surface area contributed by atoms with E-state index in [1.54, 1.807) is 37.7 Å². The molecule has 0 radical (unpaired) electrons. The molecule has 3 rings (SSSR count). The van der Waals surface area contributed by atoms with Gasteiger partial charge in [0.05, 0.1) is 15.8 Å². The summed E-state index contributed by atoms with van der Waals surface area (Å²) in [5, 5.41) is 6.30. The Bertz CT molecular complexity index is 1040. The molecule has 2 aromatic heterocycles. The summed E-state index contributed by atoms with van der Waals surface area (Å²) in [5.41, 5.74) is 1.53. The van der Waals surface area contributed by atoms with Gasteiger partial charge in [-0.2, -0.15) is 4.91 Å². The van der Waals surface area contributed by atoms with Gasteiger partial charge in [0.1, 0.15) is 24.0 Å². The second-order valence-corrected chi connectivity index (χ2v) is 6.62. The van der Waals surface area contributed by atoms with Crippen molar-refractivity contribution >= 4 is 33.6 Å². The quantitative estimate of drug-likeness (QED) is 0.483. The van der Waals surface area contributed by atoms with Crippen molar-refractivity contribution < 1.29 is 9.13 Å². The van der Waals surface area contributed by atoms with Crippen molar-refractivity contribution in [1.82, 2.24) is 15.0 Å². The van der Waals surface area contributed by atoms with Crippen LogP contribution in [-0.4, -0.2) is 41.3 Å². The van der Waals surface area contributed by atoms with Crippen molar-refractivity contribution in [3.8, 4) is 17.6 Å². The van der Waals surface area contributed by atoms with E-state index in [-0.39, 0.29) is 6.61 Å². The highest BCUT2D eigenvalue weighted by Gasteiger charge is 2.10. The first-order valence-electron chi connectivity index (χ1n) is 8.31. The van der Waals surface area contributed by atoms with Crippen LogP contribution in [0.4, 0.5) is 10.3 Å². The third kappa shape index (κ3) is 5.08. The van der Waals surface area contributed by atoms with Crippen molar-refractivity contribution in [1.29, 1.82) is 0 Å². The Morgan fingerprint density at radius 2 is 2.21 bits per heavy atom. The van der Waals surface area contributed by atoms with Crippen LogP contribution in [0.3, 0.4) is 0 Å². The molecular weight excluding hydrogens is 381 g/mol. The second-order valence-electron chi connectivity index (χ2n) is 5.55. The van der Waals surface area contributed by atoms with Gasteiger partial charge in [-0.05, 0) is 30.4 Å². The number of anilines is 1. The average molecular weight is 397 g/mol. The van der Waals surface area contributed by atoms with Crippen molar-refractivity contribution in [3.05, 3.63) is 52.1 Å². The number of nitroso groups, excluding NO2 is 1. The van der Waals surface area contributed by atoms with E-state index in [9.17, 15) is 9.30 Å². The highest BCUT2D eigenvalue weighted by atomic mass is 32.1. The summed E-state index contributed by atoms with van der Waals surface area (Å²) in [6.07, 6.45) is 6.82. The number of thiazole rings is 1. The molecule has 2 heterocycles. The molecule has 28 heavy (non-hydrogen) atoms. The van der Waals surface area contributed by atoms with Crippen LogP contribution in [0.5, 0.6) is 5.75 Å². The minimum Gasteiger partial charge on any atom is -0.491 e. The molecule has 7 nitrogen and oxygen atoms in total. The molecule has 0 amide bonds. The summed E-state index contributed by atoms with van der Waals surface area (Å²) in [6, 6.07) is 4.35. The molecule has 1 aromatic carbocycles. The van der Waals surface area contributed by atoms with Gasteiger partial charge in [-0.3, -0.25) is 0 Å². The van der Waals surface area contributed by atoms with Crippen LogP contribution in [0, 0.1) is 16.7 Å². The van der Waals surface area contributed by atoms with Crippen LogP contribution >= 0.6 is 11.3 Å². The van der Waals surface area contributed by atoms with Crippen molar-refractivity contribution in [2.75, 3.05) is 25.6 Å². The van der Waals surface area contributed by atoms with Crippen molar-refractivity contribution in [3.63, 3.8) is 0 Å². The summed E-state index contributed by atoms with van der Waals surface area (Å²) in [5.74, 6) is 6.96. The van der Waals surface area contributed by atoms with Crippen LogP contribution < -0.4 is 10.1 Å². The Kier molecular flexibility index (Phi) is 6.59. The molecule has 9 heteroatoms. The molecule has 0 aliphatic heterocycles. The van der Waals surface area contributed by atoms with Gasteiger partial charge in [-0.15, -0.1) is 11.3 Å². The average Bonchev–Trinajstić information content (AvgIpc) is 3.14. The first-order chi connectivity index (χ1) is 13.7. The summed E-state index contributed by atoms with van der Waals surface area (Å²) in [6.45, 7) is -0.931. The lowest BCUT2D eigenvalue weighted by atomic mass is 10.3. The normalized spacial score (nSPS) is 11.8. The zero-order chi connectivity index (χ0) is 19.8. The number of rotatable bonds is 7. The molecule has 0 spiro atoms. The number of allylic oxidation sites excluding steroid dienone is 1. The minimum absolute atomic E-state index is 0.0916. The maximum absolute atomic E-state index is 12.5. The summed E-state index contributed by atoms with van der Waals surface area (Å²) in [4.78, 5) is 23.1. The number of benzene rings is 1. The zero-order valence-corrected chi connectivity index (χ0v) is 15.7. The second kappa shape index (κ2) is 9.53. The van der Waals surface area contributed by atoms with Gasteiger partial charge in [0.25, 0.3) is 0 Å². The molecule has 0 bridgehead atoms. The SMILES string of the molecule is CNc1ncc(C#C/C=C/c2nc3ccc(OCC(CF)N=O)cc3s2)cn1. The fraction of sp³-hybridized carbons (Fsp3) is 0.211. The monoisotopic (exact) mass is 397 g/mol. The largest absolute Gasteiger partial charge is 0.491 e. The van der Waals surface area contributed by atoms with E-state index < -0.39 is 12.7 Å². The first-order valence-corrected chi connectivity index (χ1v) is 9.13. The van der Waals surface area contributed by atoms with E-state index in [2.05, 4.69) is 37.3 Å². The van der Waals surface area contributed by atoms with Gasteiger partial charge in [0, 0.05) is 19.4 Å². The summed E-state index contributed by atoms with van der Waals surface area (Å²) < 4.78 is 18.8. The lowest BCUT2D eigenvalue weighted by Gasteiger charge is -2.07. The summed E-state index contributed by atoms with van der Waals surface area (Å²) >= 11 is 1.47. The lowest BCUT2D eigenvalue weighted by Crippen LogP contribution is -2.17. The molecule has 0 aliphatic carbocycles. The Morgan fingerprint density at radius 3 is 2.93 bits per heavy atom. The molecule has 3 aromatic rings. The van der Waals surface area contributed by atoms with Crippen LogP contribution in [-0.2, 0) is 0 Å². The molecule has 0 fully saturated rings. The number of hydrogen-bond donors (Lipinski definition) is 1. The zero-order valence-electron chi connectivity index (χ0n) is 14.9. The van der Waals surface area contributed by atoms with Gasteiger partial charge in [-0.1, -0.05) is 17.0 Å². The van der Waals surface area contributed by atoms with E-state index in [1.807, 2.05) is 12.1 Å². The van der Waals surface area contributed by atoms with Gasteiger partial charge in [-0.25, -0.2) is 19.3 Å². The third-order valence-electron chi connectivity index (χ3n) is 3.55. The van der Waals surface area contributed by atoms with Crippen LogP contribution in [0.25, 0.3) is 16.3 Å². The van der Waals surface area contributed by atoms with E-state index in [1.165, 1.54) is 11.3 Å². The lowest BCUT2D eigenvalue weighted by molar-refractivity contribution is 0.262. The number of nitrogens with zero attached hydrogens (tertiary/aromatic N) is 4. The first kappa shape index (κ1) is 19.4. The van der Waals surface area contributed by atoms with Crippen LogP contribution in [0.1, 0.15) is 10.6 Å². The molecular formula is C19H16FN5O2S. The van der Waals surface area contributed by atoms with Gasteiger partial charge in [0.2, 0.25) is 5.95 Å². The third-order valence-corrected chi connectivity index (χ3v) is 4.53. The van der Waals surface area contributed by atoms with Crippen molar-refractivity contribution in [2.24, 2.45) is 5.18 Å². The standard InChI is InChI=1S/C19H16FN5O2S/c1-21-19-22-10-13(11-23-19)4-2-3-5-18-24-16-7-6-15(8-17(16)28-18)27-12-14(9-20)25-26/h3,5-8,10-11,14H,9,12H2,1H3,(H,21,22,23)/b5-3+. The Labute approximate surface area is 164 Å². The van der Waals surface area contributed by atoms with Crippen molar-refractivity contribution in [2.45, 2.75) is 6.04 Å². The van der Waals surface area contributed by atoms with E-state index >= 15 is 0 Å². The van der Waals surface area contributed by atoms with E-state index in [0.717, 1.165) is 15.2 Å². The number of hydrogen-bond acceptors (Lipinski definition) is 8. The van der Waals surface area contributed by atoms with E-state index in [4.69, 9.17) is 4.74 Å².